The summed E-state index contributed by atoms with van der Waals surface area (Å²) in [4.78, 5) is 0. The van der Waals surface area contributed by atoms with Crippen molar-refractivity contribution in [3.63, 3.8) is 0 Å². The summed E-state index contributed by atoms with van der Waals surface area (Å²) in [6.45, 7) is 4.42. The molecule has 0 aliphatic heterocycles. The molecule has 0 fully saturated rings. The third-order valence-corrected chi connectivity index (χ3v) is 2.27. The molecule has 0 amide bonds. The van der Waals surface area contributed by atoms with E-state index in [1.54, 1.807) is 0 Å². The number of unbranched alkanes of at least 4 members (excludes halogenated alkanes) is 5. The zero-order valence-corrected chi connectivity index (χ0v) is 9.97. The zero-order valence-electron chi connectivity index (χ0n) is 9.97. The van der Waals surface area contributed by atoms with Gasteiger partial charge in [-0.25, -0.2) is 0 Å². The first-order valence-electron chi connectivity index (χ1n) is 6.21. The second kappa shape index (κ2) is 12.5. The van der Waals surface area contributed by atoms with E-state index in [2.05, 4.69) is 38.2 Å². The van der Waals surface area contributed by atoms with Crippen LogP contribution < -0.4 is 0 Å². The Hall–Kier alpha value is -0.520. The Morgan fingerprint density at radius 3 is 1.79 bits per heavy atom. The Balaban J connectivity index is 3.02. The lowest BCUT2D eigenvalue weighted by Gasteiger charge is -1.95. The van der Waals surface area contributed by atoms with Crippen LogP contribution in [-0.4, -0.2) is 0 Å². The summed E-state index contributed by atoms with van der Waals surface area (Å²) in [5.41, 5.74) is 0. The van der Waals surface area contributed by atoms with Crippen LogP contribution in [0, 0.1) is 0 Å². The molecule has 0 N–H and O–H groups in total. The van der Waals surface area contributed by atoms with E-state index in [0.29, 0.717) is 0 Å². The molecule has 0 nitrogen and oxygen atoms in total. The van der Waals surface area contributed by atoms with E-state index < -0.39 is 0 Å². The summed E-state index contributed by atoms with van der Waals surface area (Å²) < 4.78 is 0. The molecule has 0 aliphatic rings. The van der Waals surface area contributed by atoms with E-state index in [0.717, 1.165) is 0 Å². The molecule has 0 aromatic heterocycles. The summed E-state index contributed by atoms with van der Waals surface area (Å²) >= 11 is 0. The third kappa shape index (κ3) is 11.5. The highest BCUT2D eigenvalue weighted by Crippen LogP contribution is 2.05. The first-order valence-corrected chi connectivity index (χ1v) is 6.21. The van der Waals surface area contributed by atoms with Crippen molar-refractivity contribution in [1.29, 1.82) is 0 Å². The third-order valence-electron chi connectivity index (χ3n) is 2.27. The van der Waals surface area contributed by atoms with Gasteiger partial charge in [0, 0.05) is 0 Å². The molecule has 0 unspecified atom stereocenters. The maximum atomic E-state index is 2.34. The monoisotopic (exact) mass is 194 g/mol. The van der Waals surface area contributed by atoms with Crippen molar-refractivity contribution in [1.82, 2.24) is 0 Å². The minimum Gasteiger partial charge on any atom is -0.0888 e. The molecular formula is C14H26. The Bertz CT molecular complexity index is 142. The molecule has 0 heterocycles. The molecule has 82 valence electrons. The smallest absolute Gasteiger partial charge is 0.0351 e. The van der Waals surface area contributed by atoms with Crippen LogP contribution in [0.2, 0.25) is 0 Å². The highest BCUT2D eigenvalue weighted by Gasteiger charge is 1.85. The van der Waals surface area contributed by atoms with Crippen LogP contribution >= 0.6 is 0 Å². The quantitative estimate of drug-likeness (QED) is 0.347. The average Bonchev–Trinajstić information content (AvgIpc) is 2.21. The minimum absolute atomic E-state index is 1.18. The second-order valence-electron chi connectivity index (χ2n) is 3.78. The van der Waals surface area contributed by atoms with Gasteiger partial charge in [-0.3, -0.25) is 0 Å². The Morgan fingerprint density at radius 2 is 1.21 bits per heavy atom. The Kier molecular flexibility index (Phi) is 12.0. The number of allylic oxidation sites excluding steroid dienone is 4. The van der Waals surface area contributed by atoms with Crippen molar-refractivity contribution < 1.29 is 0 Å². The van der Waals surface area contributed by atoms with Gasteiger partial charge >= 0.3 is 0 Å². The van der Waals surface area contributed by atoms with E-state index in [-0.39, 0.29) is 0 Å². The van der Waals surface area contributed by atoms with Gasteiger partial charge in [-0.15, -0.1) is 0 Å². The predicted molar refractivity (Wildman–Crippen MR) is 66.6 cm³/mol. The zero-order chi connectivity index (χ0) is 10.5. The van der Waals surface area contributed by atoms with Crippen LogP contribution in [-0.2, 0) is 0 Å². The summed E-state index contributed by atoms with van der Waals surface area (Å²) in [5.74, 6) is 0. The molecule has 0 aromatic rings. The van der Waals surface area contributed by atoms with E-state index in [4.69, 9.17) is 0 Å². The van der Waals surface area contributed by atoms with E-state index in [1.165, 1.54) is 51.4 Å². The summed E-state index contributed by atoms with van der Waals surface area (Å²) in [6, 6.07) is 0. The molecule has 0 aliphatic carbocycles. The fourth-order valence-electron chi connectivity index (χ4n) is 1.39. The van der Waals surface area contributed by atoms with Crippen molar-refractivity contribution in [2.75, 3.05) is 0 Å². The molecule has 0 bridgehead atoms. The largest absolute Gasteiger partial charge is 0.0888 e. The molecule has 0 rings (SSSR count). The highest BCUT2D eigenvalue weighted by atomic mass is 13.9. The first-order chi connectivity index (χ1) is 6.91. The molecule has 0 radical (unpaired) electrons. The average molecular weight is 194 g/mol. The minimum atomic E-state index is 1.18. The number of hydrogen-bond acceptors (Lipinski definition) is 0. The standard InChI is InChI=1S/C14H26/c1-3-5-7-9-11-13-14-12-10-8-6-4-2/h5,7-8,10H,3-4,6,9,11-14H2,1-2H3. The lowest BCUT2D eigenvalue weighted by molar-refractivity contribution is 0.694. The molecule has 0 saturated carbocycles. The first kappa shape index (κ1) is 13.5. The van der Waals surface area contributed by atoms with Crippen LogP contribution in [0.4, 0.5) is 0 Å². The van der Waals surface area contributed by atoms with Gasteiger partial charge < -0.3 is 0 Å². The predicted octanol–water partition coefficient (Wildman–Crippen LogP) is 5.26. The molecule has 0 atom stereocenters. The molecule has 14 heavy (non-hydrogen) atoms. The van der Waals surface area contributed by atoms with Crippen molar-refractivity contribution in [3.05, 3.63) is 24.3 Å². The van der Waals surface area contributed by atoms with E-state index >= 15 is 0 Å². The Labute approximate surface area is 90.1 Å². The van der Waals surface area contributed by atoms with Gasteiger partial charge in [0.25, 0.3) is 0 Å². The normalized spacial score (nSPS) is 11.9. The lowest BCUT2D eigenvalue weighted by Crippen LogP contribution is -1.75. The van der Waals surface area contributed by atoms with Crippen LogP contribution in [0.25, 0.3) is 0 Å². The van der Waals surface area contributed by atoms with Gasteiger partial charge in [-0.2, -0.15) is 0 Å². The van der Waals surface area contributed by atoms with Gasteiger partial charge in [-0.05, 0) is 38.5 Å². The molecule has 0 spiro atoms. The topological polar surface area (TPSA) is 0 Å². The number of hydrogen-bond donors (Lipinski definition) is 0. The maximum Gasteiger partial charge on any atom is -0.0351 e. The second-order valence-corrected chi connectivity index (χ2v) is 3.78. The lowest BCUT2D eigenvalue weighted by atomic mass is 10.1. The summed E-state index contributed by atoms with van der Waals surface area (Å²) in [7, 11) is 0. The molecule has 0 aromatic carbocycles. The summed E-state index contributed by atoms with van der Waals surface area (Å²) in [5, 5.41) is 0. The van der Waals surface area contributed by atoms with Crippen molar-refractivity contribution in [3.8, 4) is 0 Å². The molecular weight excluding hydrogens is 168 g/mol. The van der Waals surface area contributed by atoms with E-state index in [1.807, 2.05) is 0 Å². The van der Waals surface area contributed by atoms with Crippen molar-refractivity contribution in [2.45, 2.75) is 65.2 Å². The fourth-order valence-corrected chi connectivity index (χ4v) is 1.39. The van der Waals surface area contributed by atoms with Crippen LogP contribution in [0.3, 0.4) is 0 Å². The van der Waals surface area contributed by atoms with Gasteiger partial charge in [-0.1, -0.05) is 51.0 Å². The van der Waals surface area contributed by atoms with Gasteiger partial charge in [0.2, 0.25) is 0 Å². The highest BCUT2D eigenvalue weighted by molar-refractivity contribution is 4.82. The van der Waals surface area contributed by atoms with Crippen LogP contribution in [0.1, 0.15) is 65.2 Å². The molecule has 0 saturated heterocycles. The van der Waals surface area contributed by atoms with Gasteiger partial charge in [0.1, 0.15) is 0 Å². The van der Waals surface area contributed by atoms with Crippen molar-refractivity contribution >= 4 is 0 Å². The van der Waals surface area contributed by atoms with Crippen molar-refractivity contribution in [2.24, 2.45) is 0 Å². The van der Waals surface area contributed by atoms with E-state index in [9.17, 15) is 0 Å². The maximum absolute atomic E-state index is 2.34. The van der Waals surface area contributed by atoms with Gasteiger partial charge in [0.15, 0.2) is 0 Å². The number of rotatable bonds is 9. The fraction of sp³-hybridized carbons (Fsp3) is 0.714. The Morgan fingerprint density at radius 1 is 0.643 bits per heavy atom. The molecule has 0 heteroatoms. The SMILES string of the molecule is CCC=CCCCCCC=CCCC. The van der Waals surface area contributed by atoms with Crippen LogP contribution in [0.15, 0.2) is 24.3 Å². The van der Waals surface area contributed by atoms with Gasteiger partial charge in [0.05, 0.1) is 0 Å². The summed E-state index contributed by atoms with van der Waals surface area (Å²) in [6.07, 6.45) is 19.6. The van der Waals surface area contributed by atoms with Crippen LogP contribution in [0.5, 0.6) is 0 Å².